The number of aliphatic hydroxyl groups excluding tert-OH is 1. The van der Waals surface area contributed by atoms with Gasteiger partial charge in [-0.1, -0.05) is 49.7 Å². The Kier molecular flexibility index (Phi) is 6.23. The number of benzene rings is 2. The molecule has 0 aliphatic carbocycles. The molecule has 2 aromatic rings. The largest absolute Gasteiger partial charge is 0.496 e. The monoisotopic (exact) mass is 347 g/mol. The van der Waals surface area contributed by atoms with E-state index < -0.39 is 6.10 Å². The van der Waals surface area contributed by atoms with Crippen molar-refractivity contribution in [1.29, 1.82) is 0 Å². The molecule has 2 rings (SSSR count). The molecule has 0 bridgehead atoms. The van der Waals surface area contributed by atoms with Crippen molar-refractivity contribution >= 4 is 17.5 Å². The van der Waals surface area contributed by atoms with Gasteiger partial charge in [0.15, 0.2) is 0 Å². The van der Waals surface area contributed by atoms with Crippen LogP contribution in [0.1, 0.15) is 47.4 Å². The van der Waals surface area contributed by atoms with Crippen LogP contribution in [0.3, 0.4) is 0 Å². The topological polar surface area (TPSA) is 58.6 Å². The van der Waals surface area contributed by atoms with Gasteiger partial charge in [0.2, 0.25) is 0 Å². The standard InChI is InChI=1S/C19H22ClNO3/c1-12(2)13-4-6-14(7-5-13)17(22)11-21-19(23)16-10-15(20)8-9-18(16)24-3/h4-10,12,17,22H,11H2,1-3H3,(H,21,23). The van der Waals surface area contributed by atoms with E-state index in [0.717, 1.165) is 5.56 Å². The molecular formula is C19H22ClNO3. The molecule has 1 amide bonds. The number of nitrogens with one attached hydrogen (secondary N) is 1. The van der Waals surface area contributed by atoms with E-state index in [-0.39, 0.29) is 12.5 Å². The Bertz CT molecular complexity index is 698. The summed E-state index contributed by atoms with van der Waals surface area (Å²) in [5, 5.41) is 13.4. The van der Waals surface area contributed by atoms with Gasteiger partial charge in [-0.25, -0.2) is 0 Å². The molecule has 2 N–H and O–H groups in total. The van der Waals surface area contributed by atoms with Gasteiger partial charge in [0.05, 0.1) is 18.8 Å². The minimum absolute atomic E-state index is 0.107. The summed E-state index contributed by atoms with van der Waals surface area (Å²) >= 11 is 5.93. The normalized spacial score (nSPS) is 12.1. The highest BCUT2D eigenvalue weighted by molar-refractivity contribution is 6.31. The van der Waals surface area contributed by atoms with Crippen LogP contribution in [-0.2, 0) is 0 Å². The molecule has 0 aromatic heterocycles. The first kappa shape index (κ1) is 18.3. The van der Waals surface area contributed by atoms with Crippen LogP contribution in [0, 0.1) is 0 Å². The summed E-state index contributed by atoms with van der Waals surface area (Å²) in [4.78, 5) is 12.3. The Morgan fingerprint density at radius 2 is 1.79 bits per heavy atom. The molecule has 0 spiro atoms. The third-order valence-electron chi connectivity index (χ3n) is 3.85. The van der Waals surface area contributed by atoms with Crippen molar-refractivity contribution in [3.05, 3.63) is 64.2 Å². The second-order valence-electron chi connectivity index (χ2n) is 5.89. The highest BCUT2D eigenvalue weighted by Gasteiger charge is 2.15. The number of methoxy groups -OCH3 is 1. The molecular weight excluding hydrogens is 326 g/mol. The van der Waals surface area contributed by atoms with Gasteiger partial charge in [-0.3, -0.25) is 4.79 Å². The number of ether oxygens (including phenoxy) is 1. The zero-order valence-electron chi connectivity index (χ0n) is 14.0. The first-order valence-electron chi connectivity index (χ1n) is 7.82. The van der Waals surface area contributed by atoms with Gasteiger partial charge >= 0.3 is 0 Å². The van der Waals surface area contributed by atoms with Crippen LogP contribution in [-0.4, -0.2) is 24.7 Å². The van der Waals surface area contributed by atoms with E-state index >= 15 is 0 Å². The fourth-order valence-electron chi connectivity index (χ4n) is 2.36. The van der Waals surface area contributed by atoms with E-state index in [1.807, 2.05) is 24.3 Å². The van der Waals surface area contributed by atoms with Gasteiger partial charge in [-0.05, 0) is 35.2 Å². The first-order valence-corrected chi connectivity index (χ1v) is 8.19. The lowest BCUT2D eigenvalue weighted by Gasteiger charge is -2.15. The number of carbonyl (C=O) groups excluding carboxylic acids is 1. The fourth-order valence-corrected chi connectivity index (χ4v) is 2.54. The molecule has 24 heavy (non-hydrogen) atoms. The summed E-state index contributed by atoms with van der Waals surface area (Å²) in [6.45, 7) is 4.34. The van der Waals surface area contributed by atoms with Crippen molar-refractivity contribution in [2.45, 2.75) is 25.9 Å². The summed E-state index contributed by atoms with van der Waals surface area (Å²) in [5.74, 6) is 0.533. The summed E-state index contributed by atoms with van der Waals surface area (Å²) in [5.41, 5.74) is 2.31. The van der Waals surface area contributed by atoms with E-state index in [1.165, 1.54) is 12.7 Å². The lowest BCUT2D eigenvalue weighted by atomic mass is 10.00. The molecule has 0 saturated heterocycles. The van der Waals surface area contributed by atoms with Gasteiger partial charge in [-0.15, -0.1) is 0 Å². The van der Waals surface area contributed by atoms with Crippen molar-refractivity contribution in [1.82, 2.24) is 5.32 Å². The highest BCUT2D eigenvalue weighted by atomic mass is 35.5. The quantitative estimate of drug-likeness (QED) is 0.832. The molecule has 0 heterocycles. The molecule has 5 heteroatoms. The second kappa shape index (κ2) is 8.18. The lowest BCUT2D eigenvalue weighted by molar-refractivity contribution is 0.0913. The molecule has 128 valence electrons. The SMILES string of the molecule is COc1ccc(Cl)cc1C(=O)NCC(O)c1ccc(C(C)C)cc1. The number of amides is 1. The van der Waals surface area contributed by atoms with Gasteiger partial charge in [0, 0.05) is 11.6 Å². The Labute approximate surface area is 147 Å². The molecule has 0 saturated carbocycles. The second-order valence-corrected chi connectivity index (χ2v) is 6.33. The fraction of sp³-hybridized carbons (Fsp3) is 0.316. The summed E-state index contributed by atoms with van der Waals surface area (Å²) in [6.07, 6.45) is -0.777. The number of rotatable bonds is 6. The average Bonchev–Trinajstić information content (AvgIpc) is 2.59. The van der Waals surface area contributed by atoms with E-state index in [0.29, 0.717) is 22.3 Å². The molecule has 0 aliphatic rings. The smallest absolute Gasteiger partial charge is 0.255 e. The van der Waals surface area contributed by atoms with Gasteiger partial charge in [0.1, 0.15) is 5.75 Å². The van der Waals surface area contributed by atoms with E-state index in [9.17, 15) is 9.90 Å². The van der Waals surface area contributed by atoms with Gasteiger partial charge in [-0.2, -0.15) is 0 Å². The number of hydrogen-bond donors (Lipinski definition) is 2. The Morgan fingerprint density at radius 1 is 1.17 bits per heavy atom. The number of carbonyl (C=O) groups is 1. The van der Waals surface area contributed by atoms with Crippen molar-refractivity contribution in [2.75, 3.05) is 13.7 Å². The van der Waals surface area contributed by atoms with Crippen LogP contribution in [0.4, 0.5) is 0 Å². The average molecular weight is 348 g/mol. The Balaban J connectivity index is 2.02. The zero-order chi connectivity index (χ0) is 17.7. The lowest BCUT2D eigenvalue weighted by Crippen LogP contribution is -2.28. The van der Waals surface area contributed by atoms with Crippen molar-refractivity contribution < 1.29 is 14.6 Å². The molecule has 0 aliphatic heterocycles. The third kappa shape index (κ3) is 4.49. The highest BCUT2D eigenvalue weighted by Crippen LogP contribution is 2.23. The van der Waals surface area contributed by atoms with Crippen LogP contribution >= 0.6 is 11.6 Å². The minimum atomic E-state index is -0.777. The predicted octanol–water partition coefficient (Wildman–Crippen LogP) is 3.94. The molecule has 0 fully saturated rings. The Morgan fingerprint density at radius 3 is 2.38 bits per heavy atom. The van der Waals surface area contributed by atoms with Gasteiger partial charge in [0.25, 0.3) is 5.91 Å². The molecule has 1 unspecified atom stereocenters. The summed E-state index contributed by atoms with van der Waals surface area (Å²) in [6, 6.07) is 12.6. The van der Waals surface area contributed by atoms with Gasteiger partial charge < -0.3 is 15.2 Å². The molecule has 2 aromatic carbocycles. The number of hydrogen-bond acceptors (Lipinski definition) is 3. The van der Waals surface area contributed by atoms with Crippen LogP contribution in [0.5, 0.6) is 5.75 Å². The first-order chi connectivity index (χ1) is 11.4. The van der Waals surface area contributed by atoms with Crippen LogP contribution in [0.2, 0.25) is 5.02 Å². The molecule has 0 radical (unpaired) electrons. The van der Waals surface area contributed by atoms with Crippen LogP contribution < -0.4 is 10.1 Å². The van der Waals surface area contributed by atoms with E-state index in [4.69, 9.17) is 16.3 Å². The van der Waals surface area contributed by atoms with Crippen molar-refractivity contribution in [3.8, 4) is 5.75 Å². The minimum Gasteiger partial charge on any atom is -0.496 e. The third-order valence-corrected chi connectivity index (χ3v) is 4.09. The summed E-state index contributed by atoms with van der Waals surface area (Å²) in [7, 11) is 1.49. The number of aliphatic hydroxyl groups is 1. The molecule has 4 nitrogen and oxygen atoms in total. The van der Waals surface area contributed by atoms with Crippen molar-refractivity contribution in [2.24, 2.45) is 0 Å². The number of halogens is 1. The Hall–Kier alpha value is -2.04. The van der Waals surface area contributed by atoms with Crippen molar-refractivity contribution in [3.63, 3.8) is 0 Å². The van der Waals surface area contributed by atoms with Crippen LogP contribution in [0.25, 0.3) is 0 Å². The van der Waals surface area contributed by atoms with E-state index in [1.54, 1.807) is 18.2 Å². The predicted molar refractivity (Wildman–Crippen MR) is 95.8 cm³/mol. The summed E-state index contributed by atoms with van der Waals surface area (Å²) < 4.78 is 5.17. The van der Waals surface area contributed by atoms with Crippen LogP contribution in [0.15, 0.2) is 42.5 Å². The maximum absolute atomic E-state index is 12.3. The maximum Gasteiger partial charge on any atom is 0.255 e. The van der Waals surface area contributed by atoms with E-state index in [2.05, 4.69) is 19.2 Å². The molecule has 1 atom stereocenters. The zero-order valence-corrected chi connectivity index (χ0v) is 14.8. The maximum atomic E-state index is 12.3.